The fraction of sp³-hybridized carbons (Fsp3) is 0.625. The van der Waals surface area contributed by atoms with E-state index >= 15 is 14.4 Å². The molecule has 5 heterocycles. The average molecular weight is 1270 g/mol. The second kappa shape index (κ2) is 28.3. The van der Waals surface area contributed by atoms with Gasteiger partial charge in [-0.2, -0.15) is 0 Å². The number of aliphatic imine (C=N–C) groups is 1. The lowest BCUT2D eigenvalue weighted by Crippen LogP contribution is -2.62. The van der Waals surface area contributed by atoms with Gasteiger partial charge in [-0.05, 0) is 99.8 Å². The summed E-state index contributed by atoms with van der Waals surface area (Å²) in [5.74, 6) is -12.4. The quantitative estimate of drug-likeness (QED) is 0.168. The number of ketones is 1. The molecule has 496 valence electrons. The monoisotopic (exact) mass is 1270 g/mol. The van der Waals surface area contributed by atoms with Gasteiger partial charge in [0.25, 0.3) is 11.8 Å². The minimum atomic E-state index is -1.84. The molecule has 0 aromatic heterocycles. The van der Waals surface area contributed by atoms with Gasteiger partial charge in [-0.15, -0.1) is 0 Å². The molecule has 1 aromatic carbocycles. The first-order valence-electron chi connectivity index (χ1n) is 31.4. The summed E-state index contributed by atoms with van der Waals surface area (Å²) < 4.78 is 12.0. The van der Waals surface area contributed by atoms with Crippen molar-refractivity contribution in [2.75, 3.05) is 54.4 Å². The Bertz CT molecular complexity index is 3280. The van der Waals surface area contributed by atoms with Gasteiger partial charge in [-0.25, -0.2) is 14.6 Å². The number of nitrogens with one attached hydrogen (secondary N) is 4. The summed E-state index contributed by atoms with van der Waals surface area (Å²) in [6, 6.07) is -7.50. The van der Waals surface area contributed by atoms with Crippen molar-refractivity contribution in [1.29, 1.82) is 0 Å². The smallest absolute Gasteiger partial charge is 0.329 e. The summed E-state index contributed by atoms with van der Waals surface area (Å²) in [5, 5.41) is 10.9. The van der Waals surface area contributed by atoms with Crippen LogP contribution >= 0.6 is 0 Å². The summed E-state index contributed by atoms with van der Waals surface area (Å²) in [4.78, 5) is 200. The lowest BCUT2D eigenvalue weighted by Gasteiger charge is -2.36. The van der Waals surface area contributed by atoms with Crippen molar-refractivity contribution in [3.63, 3.8) is 0 Å². The van der Waals surface area contributed by atoms with E-state index in [0.29, 0.717) is 36.8 Å². The van der Waals surface area contributed by atoms with E-state index in [1.807, 2.05) is 0 Å². The number of likely N-dealkylation sites (N-methyl/N-ethyl adjacent to an activating group) is 4. The molecule has 27 heteroatoms. The zero-order valence-corrected chi connectivity index (χ0v) is 55.1. The number of ether oxygens (including phenoxy) is 2. The van der Waals surface area contributed by atoms with Crippen LogP contribution in [0, 0.1) is 30.6 Å². The minimum Gasteiger partial charge on any atom is -0.458 e. The number of hydrogen-bond acceptors (Lipinski definition) is 17. The molecule has 4 fully saturated rings. The zero-order valence-electron chi connectivity index (χ0n) is 55.1. The predicted octanol–water partition coefficient (Wildman–Crippen LogP) is 0.746. The third kappa shape index (κ3) is 14.2. The first-order valence-corrected chi connectivity index (χ1v) is 31.4. The van der Waals surface area contributed by atoms with Crippen LogP contribution in [0.4, 0.5) is 5.69 Å². The van der Waals surface area contributed by atoms with Gasteiger partial charge in [0.1, 0.15) is 60.5 Å². The highest BCUT2D eigenvalue weighted by molar-refractivity contribution is 6.38. The van der Waals surface area contributed by atoms with Gasteiger partial charge in [0.05, 0.1) is 41.3 Å². The second-order valence-corrected chi connectivity index (χ2v) is 26.1. The van der Waals surface area contributed by atoms with Crippen LogP contribution in [-0.4, -0.2) is 227 Å². The maximum absolute atomic E-state index is 15.3. The summed E-state index contributed by atoms with van der Waals surface area (Å²) in [5.41, 5.74) is 6.49. The Balaban J connectivity index is 1.29. The highest BCUT2D eigenvalue weighted by atomic mass is 16.6. The molecular weight excluding hydrogens is 1180 g/mol. The molecule has 11 atom stereocenters. The van der Waals surface area contributed by atoms with Crippen LogP contribution in [0.1, 0.15) is 130 Å². The van der Waals surface area contributed by atoms with E-state index in [-0.39, 0.29) is 54.0 Å². The number of benzene rings is 1. The van der Waals surface area contributed by atoms with Crippen LogP contribution < -0.4 is 27.0 Å². The molecule has 7 rings (SSSR count). The fourth-order valence-electron chi connectivity index (χ4n) is 12.9. The molecule has 27 nitrogen and oxygen atoms in total. The van der Waals surface area contributed by atoms with E-state index in [9.17, 15) is 47.9 Å². The zero-order chi connectivity index (χ0) is 67.7. The van der Waals surface area contributed by atoms with Crippen molar-refractivity contribution in [3.8, 4) is 0 Å². The van der Waals surface area contributed by atoms with Crippen molar-refractivity contribution >= 4 is 88.2 Å². The number of allylic oxidation sites excluding steroid dienone is 2. The van der Waals surface area contributed by atoms with Crippen LogP contribution in [0.3, 0.4) is 0 Å². The highest BCUT2D eigenvalue weighted by Crippen LogP contribution is 2.40. The number of Topliss-reactive ketones (excluding diaryl/α,β-unsaturated/α-hetero) is 1. The molecule has 0 spiro atoms. The Morgan fingerprint density at radius 2 is 1.10 bits per heavy atom. The van der Waals surface area contributed by atoms with E-state index < -0.39 is 185 Å². The number of esters is 2. The summed E-state index contributed by atoms with van der Waals surface area (Å²) in [7, 11) is 5.64. The molecule has 6 N–H and O–H groups in total. The van der Waals surface area contributed by atoms with Gasteiger partial charge < -0.3 is 65.9 Å². The van der Waals surface area contributed by atoms with Gasteiger partial charge in [-0.1, -0.05) is 67.9 Å². The van der Waals surface area contributed by atoms with Gasteiger partial charge in [-0.3, -0.25) is 52.7 Å². The van der Waals surface area contributed by atoms with Crippen molar-refractivity contribution in [2.45, 2.75) is 182 Å². The van der Waals surface area contributed by atoms with E-state index in [1.165, 1.54) is 74.6 Å². The van der Waals surface area contributed by atoms with Gasteiger partial charge >= 0.3 is 11.9 Å². The molecule has 91 heavy (non-hydrogen) atoms. The van der Waals surface area contributed by atoms with E-state index in [4.69, 9.17) is 20.2 Å². The molecule has 0 radical (unpaired) electrons. The summed E-state index contributed by atoms with van der Waals surface area (Å²) in [6.07, 6.45) is -1.28. The predicted molar refractivity (Wildman–Crippen MR) is 331 cm³/mol. The maximum Gasteiger partial charge on any atom is 0.329 e. The number of fused-ring (bicyclic) bond motifs is 4. The van der Waals surface area contributed by atoms with Crippen molar-refractivity contribution in [3.05, 3.63) is 51.2 Å². The average Bonchev–Trinajstić information content (AvgIpc) is 1.26. The molecule has 1 aliphatic carbocycles. The molecule has 1 aromatic rings. The molecule has 0 unspecified atom stereocenters. The van der Waals surface area contributed by atoms with Gasteiger partial charge in [0.15, 0.2) is 0 Å². The summed E-state index contributed by atoms with van der Waals surface area (Å²) >= 11 is 0. The molecule has 0 saturated carbocycles. The third-order valence-electron chi connectivity index (χ3n) is 18.6. The second-order valence-electron chi connectivity index (χ2n) is 26.1. The molecule has 4 saturated heterocycles. The number of nitrogens with two attached hydrogens (primary N) is 1. The lowest BCUT2D eigenvalue weighted by molar-refractivity contribution is -0.163. The Kier molecular flexibility index (Phi) is 21.8. The molecular formula is C64H90N12O15. The van der Waals surface area contributed by atoms with E-state index in [0.717, 1.165) is 9.80 Å². The number of amides is 10. The Labute approximate surface area is 531 Å². The number of nitrogens with zero attached hydrogens (tertiary/aromatic N) is 7. The van der Waals surface area contributed by atoms with Crippen molar-refractivity contribution in [1.82, 2.24) is 50.7 Å². The number of hydrogen-bond donors (Lipinski definition) is 5. The van der Waals surface area contributed by atoms with Crippen LogP contribution in [0.15, 0.2) is 39.5 Å². The molecule has 5 aliphatic heterocycles. The van der Waals surface area contributed by atoms with E-state index in [2.05, 4.69) is 21.3 Å². The Hall–Kier alpha value is -8.52. The molecule has 0 bridgehead atoms. The third-order valence-corrected chi connectivity index (χ3v) is 18.6. The van der Waals surface area contributed by atoms with Gasteiger partial charge in [0.2, 0.25) is 53.0 Å². The number of carbonyl (C=O) groups is 13. The number of aryl methyl sites for hydroxylation is 1. The Morgan fingerprint density at radius 1 is 0.648 bits per heavy atom. The fourth-order valence-corrected chi connectivity index (χ4v) is 12.9. The number of rotatable bonds is 9. The first kappa shape index (κ1) is 69.9. The molecule has 10 amide bonds. The largest absolute Gasteiger partial charge is 0.458 e. The number of cyclic esters (lactones) is 2. The standard InChI is InChI=1S/C64H90N12O15/c1-17-32(8)47-62(87)76-25-19-21-41(76)60(85)72(14)28-43(78)74(16)53(31(6)7)64(89)91-36(12)49(58(83)68-47)70-56(81)44-45(65)54(79)34(10)39-26-38-33(9)22-23-37(50(38)66-51(39)44)55(80)69-48-35(11)90-63(88)52(30(4)5)73(15)42(77)27-71(13)59(84)40-20-18-24-75(40)61(86)46(29(2)3)67-57(48)82/h22-23,29-32,35-36,40-41,46-49,52-53H,17-21,24-28,65H2,1-16H3,(H,67,82)(H,68,83)(H,69,80)(H,70,81)/t32-,35-,36-,40+,41+,46-,47-,48+,49+,52+,53+/m1/s1. The van der Waals surface area contributed by atoms with Crippen molar-refractivity contribution in [2.24, 2.45) is 34.4 Å². The normalized spacial score (nSPS) is 27.8. The first-order chi connectivity index (χ1) is 42.6. The minimum absolute atomic E-state index is 0.0253. The topological polar surface area (TPSA) is 346 Å². The highest BCUT2D eigenvalue weighted by Gasteiger charge is 2.47. The van der Waals surface area contributed by atoms with Crippen LogP contribution in [0.5, 0.6) is 0 Å². The maximum atomic E-state index is 15.3. The number of carbonyl (C=O) groups excluding carboxylic acids is 13. The van der Waals surface area contributed by atoms with E-state index in [1.54, 1.807) is 68.4 Å². The van der Waals surface area contributed by atoms with Gasteiger partial charge in [0, 0.05) is 53.3 Å². The SMILES string of the molecule is CC[C@@H](C)[C@H]1NC(=O)[C@@H](NC(=O)C2=C(N)C(=O)C(C)=C3Cc4c(C)ccc(C(=O)N[C@@H]5C(=O)N[C@H](C(C)C)C(=O)N6CCC[C@H]6C(=O)N(C)CC(=O)N(C)[C@@H](C(C)C)C(=O)O[C@@H]5C)c4N=C32)[C@@H](C)OC(=O)[C@H](C(C)C)N(C)C(=O)CN(C)C(=O)[C@@H]2CCCN2C1=O. The van der Waals surface area contributed by atoms with Crippen LogP contribution in [-0.2, 0) is 73.4 Å². The van der Waals surface area contributed by atoms with Crippen molar-refractivity contribution < 1.29 is 71.8 Å². The van der Waals surface area contributed by atoms with Crippen LogP contribution in [0.2, 0.25) is 0 Å². The molecule has 6 aliphatic rings. The summed E-state index contributed by atoms with van der Waals surface area (Å²) in [6.45, 7) is 19.0. The van der Waals surface area contributed by atoms with Crippen LogP contribution in [0.25, 0.3) is 0 Å². The Morgan fingerprint density at radius 3 is 1.55 bits per heavy atom. The lowest BCUT2D eigenvalue weighted by atomic mass is 9.80.